The van der Waals surface area contributed by atoms with Crippen molar-refractivity contribution in [2.75, 3.05) is 19.5 Å². The van der Waals surface area contributed by atoms with Crippen LogP contribution in [0.4, 0.5) is 5.69 Å². The molecular weight excluding hydrogens is 286 g/mol. The summed E-state index contributed by atoms with van der Waals surface area (Å²) in [6.07, 6.45) is 0. The first-order valence-corrected chi connectivity index (χ1v) is 6.67. The zero-order valence-corrected chi connectivity index (χ0v) is 12.0. The lowest BCUT2D eigenvalue weighted by Gasteiger charge is -2.11. The maximum atomic E-state index is 12.0. The number of nitrogens with one attached hydrogen (secondary N) is 1. The first-order valence-electron chi connectivity index (χ1n) is 5.41. The van der Waals surface area contributed by atoms with Crippen molar-refractivity contribution in [2.45, 2.75) is 0 Å². The Morgan fingerprint density at radius 1 is 1.26 bits per heavy atom. The van der Waals surface area contributed by atoms with E-state index in [1.54, 1.807) is 43.9 Å². The van der Waals surface area contributed by atoms with E-state index in [0.717, 1.165) is 0 Å². The summed E-state index contributed by atoms with van der Waals surface area (Å²) in [7, 11) is 3.10. The summed E-state index contributed by atoms with van der Waals surface area (Å²) in [5, 5.41) is 5.03. The van der Waals surface area contributed by atoms with Gasteiger partial charge in [0.25, 0.3) is 5.91 Å². The summed E-state index contributed by atoms with van der Waals surface area (Å²) in [5.74, 6) is 0.973. The molecule has 1 amide bonds. The highest BCUT2D eigenvalue weighted by atomic mass is 35.5. The van der Waals surface area contributed by atoms with E-state index in [1.807, 2.05) is 0 Å². The van der Waals surface area contributed by atoms with E-state index in [9.17, 15) is 4.79 Å². The molecule has 19 heavy (non-hydrogen) atoms. The molecule has 0 spiro atoms. The minimum atomic E-state index is -0.233. The molecule has 1 aromatic carbocycles. The van der Waals surface area contributed by atoms with Gasteiger partial charge in [0.1, 0.15) is 11.5 Å². The Bertz CT molecular complexity index is 597. The lowest BCUT2D eigenvalue weighted by atomic mass is 10.2. The molecule has 1 heterocycles. The van der Waals surface area contributed by atoms with Gasteiger partial charge in [-0.3, -0.25) is 4.79 Å². The topological polar surface area (TPSA) is 47.6 Å². The molecule has 0 aliphatic carbocycles. The smallest absolute Gasteiger partial charge is 0.265 e. The Hall–Kier alpha value is -1.72. The van der Waals surface area contributed by atoms with Crippen molar-refractivity contribution in [3.63, 3.8) is 0 Å². The van der Waals surface area contributed by atoms with Crippen LogP contribution < -0.4 is 14.8 Å². The van der Waals surface area contributed by atoms with Gasteiger partial charge >= 0.3 is 0 Å². The first-order chi connectivity index (χ1) is 9.13. The number of rotatable bonds is 4. The van der Waals surface area contributed by atoms with Crippen molar-refractivity contribution < 1.29 is 14.3 Å². The maximum Gasteiger partial charge on any atom is 0.265 e. The van der Waals surface area contributed by atoms with Gasteiger partial charge in [0.05, 0.1) is 29.8 Å². The van der Waals surface area contributed by atoms with Gasteiger partial charge in [0.15, 0.2) is 0 Å². The van der Waals surface area contributed by atoms with E-state index >= 15 is 0 Å². The van der Waals surface area contributed by atoms with Crippen LogP contribution in [0.1, 0.15) is 9.67 Å². The fourth-order valence-electron chi connectivity index (χ4n) is 1.53. The van der Waals surface area contributed by atoms with Crippen LogP contribution in [-0.4, -0.2) is 20.1 Å². The van der Waals surface area contributed by atoms with E-state index in [2.05, 4.69) is 5.32 Å². The third kappa shape index (κ3) is 3.19. The van der Waals surface area contributed by atoms with Crippen molar-refractivity contribution in [2.24, 2.45) is 0 Å². The molecule has 100 valence electrons. The number of ether oxygens (including phenoxy) is 2. The number of halogens is 1. The second-order valence-electron chi connectivity index (χ2n) is 3.65. The van der Waals surface area contributed by atoms with Gasteiger partial charge in [-0.1, -0.05) is 11.6 Å². The normalized spacial score (nSPS) is 10.1. The average Bonchev–Trinajstić information content (AvgIpc) is 2.85. The lowest BCUT2D eigenvalue weighted by Crippen LogP contribution is -2.11. The quantitative estimate of drug-likeness (QED) is 0.936. The number of carbonyl (C=O) groups is 1. The molecule has 0 atom stereocenters. The molecule has 0 unspecified atom stereocenters. The summed E-state index contributed by atoms with van der Waals surface area (Å²) in [5.41, 5.74) is 0.552. The summed E-state index contributed by atoms with van der Waals surface area (Å²) < 4.78 is 10.3. The van der Waals surface area contributed by atoms with Crippen molar-refractivity contribution in [3.8, 4) is 11.5 Å². The molecule has 0 saturated heterocycles. The minimum absolute atomic E-state index is 0.233. The van der Waals surface area contributed by atoms with Gasteiger partial charge in [-0.2, -0.15) is 0 Å². The van der Waals surface area contributed by atoms with Crippen LogP contribution >= 0.6 is 22.9 Å². The van der Waals surface area contributed by atoms with E-state index in [-0.39, 0.29) is 5.91 Å². The summed E-state index contributed by atoms with van der Waals surface area (Å²) in [4.78, 5) is 12.6. The largest absolute Gasteiger partial charge is 0.497 e. The van der Waals surface area contributed by atoms with Gasteiger partial charge in [-0.05, 0) is 18.2 Å². The predicted molar refractivity (Wildman–Crippen MR) is 76.8 cm³/mol. The standard InChI is InChI=1S/C13H12ClNO3S/c1-17-9-3-4-11(18-2)10(6-9)15-13(16)12-5-8(14)7-19-12/h3-7H,1-2H3,(H,15,16). The zero-order chi connectivity index (χ0) is 13.8. The number of carbonyl (C=O) groups excluding carboxylic acids is 1. The lowest BCUT2D eigenvalue weighted by molar-refractivity contribution is 0.103. The molecule has 4 nitrogen and oxygen atoms in total. The highest BCUT2D eigenvalue weighted by Crippen LogP contribution is 2.30. The van der Waals surface area contributed by atoms with Crippen molar-refractivity contribution >= 4 is 34.5 Å². The number of thiophene rings is 1. The van der Waals surface area contributed by atoms with Crippen LogP contribution in [0.2, 0.25) is 5.02 Å². The molecule has 0 radical (unpaired) electrons. The van der Waals surface area contributed by atoms with Crippen LogP contribution in [0.3, 0.4) is 0 Å². The van der Waals surface area contributed by atoms with E-state index in [1.165, 1.54) is 11.3 Å². The molecule has 2 aromatic rings. The number of amides is 1. The molecule has 0 aliphatic rings. The number of hydrogen-bond acceptors (Lipinski definition) is 4. The molecule has 0 bridgehead atoms. The fourth-order valence-corrected chi connectivity index (χ4v) is 2.50. The average molecular weight is 298 g/mol. The zero-order valence-electron chi connectivity index (χ0n) is 10.4. The van der Waals surface area contributed by atoms with Crippen molar-refractivity contribution in [1.82, 2.24) is 0 Å². The third-order valence-corrected chi connectivity index (χ3v) is 3.72. The Balaban J connectivity index is 2.24. The van der Waals surface area contributed by atoms with Crippen molar-refractivity contribution in [3.05, 3.63) is 39.5 Å². The van der Waals surface area contributed by atoms with Gasteiger partial charge in [-0.25, -0.2) is 0 Å². The van der Waals surface area contributed by atoms with E-state index in [4.69, 9.17) is 21.1 Å². The van der Waals surface area contributed by atoms with Gasteiger partial charge in [-0.15, -0.1) is 11.3 Å². The molecule has 1 aromatic heterocycles. The Morgan fingerprint density at radius 3 is 2.63 bits per heavy atom. The number of benzene rings is 1. The van der Waals surface area contributed by atoms with E-state index < -0.39 is 0 Å². The summed E-state index contributed by atoms with van der Waals surface area (Å²) in [6, 6.07) is 6.81. The maximum absolute atomic E-state index is 12.0. The summed E-state index contributed by atoms with van der Waals surface area (Å²) in [6.45, 7) is 0. The molecule has 0 saturated carbocycles. The first kappa shape index (κ1) is 13.7. The number of anilines is 1. The third-order valence-electron chi connectivity index (χ3n) is 2.45. The highest BCUT2D eigenvalue weighted by molar-refractivity contribution is 7.12. The fraction of sp³-hybridized carbons (Fsp3) is 0.154. The molecular formula is C13H12ClNO3S. The van der Waals surface area contributed by atoms with Crippen LogP contribution in [0.5, 0.6) is 11.5 Å². The Morgan fingerprint density at radius 2 is 2.05 bits per heavy atom. The second-order valence-corrected chi connectivity index (χ2v) is 5.00. The number of hydrogen-bond donors (Lipinski definition) is 1. The van der Waals surface area contributed by atoms with Gasteiger partial charge in [0.2, 0.25) is 0 Å². The van der Waals surface area contributed by atoms with Crippen LogP contribution in [0, 0.1) is 0 Å². The highest BCUT2D eigenvalue weighted by Gasteiger charge is 2.12. The molecule has 0 fully saturated rings. The second kappa shape index (κ2) is 5.95. The summed E-state index contributed by atoms with van der Waals surface area (Å²) >= 11 is 7.08. The van der Waals surface area contributed by atoms with Gasteiger partial charge in [0, 0.05) is 11.4 Å². The van der Waals surface area contributed by atoms with Crippen molar-refractivity contribution in [1.29, 1.82) is 0 Å². The Labute approximate surface area is 119 Å². The Kier molecular flexibility index (Phi) is 4.29. The van der Waals surface area contributed by atoms with E-state index in [0.29, 0.717) is 27.1 Å². The van der Waals surface area contributed by atoms with Gasteiger partial charge < -0.3 is 14.8 Å². The van der Waals surface area contributed by atoms with Crippen LogP contribution in [-0.2, 0) is 0 Å². The van der Waals surface area contributed by atoms with Crippen LogP contribution in [0.25, 0.3) is 0 Å². The number of methoxy groups -OCH3 is 2. The molecule has 0 aliphatic heterocycles. The SMILES string of the molecule is COc1ccc(OC)c(NC(=O)c2cc(Cl)cs2)c1. The molecule has 6 heteroatoms. The predicted octanol–water partition coefficient (Wildman–Crippen LogP) is 3.67. The monoisotopic (exact) mass is 297 g/mol. The molecule has 2 rings (SSSR count). The molecule has 1 N–H and O–H groups in total. The van der Waals surface area contributed by atoms with Crippen LogP contribution in [0.15, 0.2) is 29.6 Å². The minimum Gasteiger partial charge on any atom is -0.497 e.